The van der Waals surface area contributed by atoms with Crippen molar-refractivity contribution in [3.05, 3.63) is 375 Å². The highest BCUT2D eigenvalue weighted by Gasteiger charge is 2.24. The lowest BCUT2D eigenvalue weighted by Gasteiger charge is -2.14. The third-order valence-corrected chi connectivity index (χ3v) is 19.1. The molecule has 6 amide bonds. The molecule has 134 heavy (non-hydrogen) atoms. The Balaban J connectivity index is 0.677. The van der Waals surface area contributed by atoms with Gasteiger partial charge in [0.15, 0.2) is 0 Å². The van der Waals surface area contributed by atoms with Crippen molar-refractivity contribution in [3.8, 4) is 80.5 Å². The number of hydrogen-bond donors (Lipinski definition) is 15. The monoisotopic (exact) mass is 1800 g/mol. The first-order valence-corrected chi connectivity index (χ1v) is 39.2. The Kier molecular flexibility index (Phi) is 26.8. The van der Waals surface area contributed by atoms with Crippen molar-refractivity contribution in [3.63, 3.8) is 0 Å². The maximum absolute atomic E-state index is 14.4. The molecule has 0 saturated carbocycles. The Morgan fingerprint density at radius 3 is 0.396 bits per heavy atom. The van der Waals surface area contributed by atoms with Gasteiger partial charge in [0.2, 0.25) is 0 Å². The van der Waals surface area contributed by atoms with Crippen LogP contribution in [-0.2, 0) is 0 Å². The summed E-state index contributed by atoms with van der Waals surface area (Å²) in [6, 6.07) is 65.5. The third-order valence-electron chi connectivity index (χ3n) is 19.1. The van der Waals surface area contributed by atoms with Crippen LogP contribution in [-0.4, -0.2) is 124 Å². The van der Waals surface area contributed by atoms with Gasteiger partial charge < -0.3 is 112 Å². The van der Waals surface area contributed by atoms with E-state index in [-0.39, 0.29) is 193 Å². The Morgan fingerprint density at radius 2 is 0.269 bits per heavy atom. The summed E-state index contributed by atoms with van der Waals surface area (Å²) in [5.74, 6) is -15.1. The molecule has 36 heteroatoms. The van der Waals surface area contributed by atoms with Crippen molar-refractivity contribution in [1.82, 2.24) is 0 Å². The number of nitrogens with two attached hydrogens (primary N) is 1. The highest BCUT2D eigenvalue weighted by Crippen LogP contribution is 2.36. The van der Waals surface area contributed by atoms with Gasteiger partial charge in [0.05, 0.1) is 44.5 Å². The summed E-state index contributed by atoms with van der Waals surface area (Å²) < 4.78 is 41.7. The van der Waals surface area contributed by atoms with Gasteiger partial charge in [-0.2, -0.15) is 0 Å². The zero-order valence-corrected chi connectivity index (χ0v) is 68.5. The minimum atomic E-state index is -1.40. The van der Waals surface area contributed by atoms with Crippen molar-refractivity contribution < 1.29 is 141 Å². The van der Waals surface area contributed by atoms with Crippen LogP contribution in [0.3, 0.4) is 0 Å². The molecule has 0 saturated heterocycles. The molecule has 0 aliphatic rings. The Labute approximate surface area is 753 Å². The Bertz CT molecular complexity index is 6260. The number of aromatic carboxylic acids is 8. The van der Waals surface area contributed by atoms with Crippen LogP contribution in [0.4, 0.5) is 39.8 Å². The van der Waals surface area contributed by atoms with Gasteiger partial charge in [0.1, 0.15) is 80.5 Å². The van der Waals surface area contributed by atoms with Crippen molar-refractivity contribution in [2.75, 3.05) is 37.6 Å². The lowest BCUT2D eigenvalue weighted by molar-refractivity contribution is 0.0676. The van der Waals surface area contributed by atoms with Crippen molar-refractivity contribution >= 4 is 123 Å². The second-order valence-electron chi connectivity index (χ2n) is 28.8. The zero-order chi connectivity index (χ0) is 95.1. The number of ether oxygens (including phenoxy) is 7. The predicted octanol–water partition coefficient (Wildman–Crippen LogP) is 18.9. The van der Waals surface area contributed by atoms with Gasteiger partial charge in [-0.05, 0) is 297 Å². The van der Waals surface area contributed by atoms with Gasteiger partial charge in [-0.1, -0.05) is 0 Å². The van der Waals surface area contributed by atoms with E-state index in [4.69, 9.17) is 38.9 Å². The van der Waals surface area contributed by atoms with E-state index >= 15 is 0 Å². The lowest BCUT2D eigenvalue weighted by Crippen LogP contribution is -2.16. The average Bonchev–Trinajstić information content (AvgIpc) is 0.819. The van der Waals surface area contributed by atoms with Crippen molar-refractivity contribution in [2.24, 2.45) is 0 Å². The van der Waals surface area contributed by atoms with Crippen LogP contribution >= 0.6 is 0 Å². The lowest BCUT2D eigenvalue weighted by atomic mass is 10.1. The molecule has 0 atom stereocenters. The minimum absolute atomic E-state index is 0.0372. The van der Waals surface area contributed by atoms with E-state index in [1.165, 1.54) is 200 Å². The van der Waals surface area contributed by atoms with Gasteiger partial charge in [0, 0.05) is 73.2 Å². The molecular formula is C98H65N7O29. The number of carbonyl (C=O) groups excluding carboxylic acids is 6. The molecule has 14 aromatic rings. The zero-order valence-electron chi connectivity index (χ0n) is 68.5. The molecule has 14 rings (SSSR count). The fourth-order valence-corrected chi connectivity index (χ4v) is 12.7. The van der Waals surface area contributed by atoms with Gasteiger partial charge >= 0.3 is 47.8 Å². The van der Waals surface area contributed by atoms with E-state index in [9.17, 15) is 108 Å². The molecule has 0 heterocycles. The molecule has 0 aliphatic carbocycles. The molecule has 0 fully saturated rings. The Hall–Kier alpha value is -19.9. The number of rotatable bonds is 34. The van der Waals surface area contributed by atoms with E-state index in [0.29, 0.717) is 5.69 Å². The highest BCUT2D eigenvalue weighted by atomic mass is 16.5. The Morgan fingerprint density at radius 1 is 0.157 bits per heavy atom. The van der Waals surface area contributed by atoms with Crippen LogP contribution in [0.1, 0.15) is 145 Å². The quantitative estimate of drug-likeness (QED) is 0.0167. The van der Waals surface area contributed by atoms with Crippen molar-refractivity contribution in [1.29, 1.82) is 0 Å². The molecule has 0 spiro atoms. The molecule has 0 aromatic heterocycles. The average molecular weight is 1800 g/mol. The number of amides is 6. The summed E-state index contributed by atoms with van der Waals surface area (Å²) in [4.78, 5) is 180. The molecule has 36 nitrogen and oxygen atoms in total. The molecule has 14 aromatic carbocycles. The number of carboxylic acids is 8. The molecule has 16 N–H and O–H groups in total. The fourth-order valence-electron chi connectivity index (χ4n) is 12.7. The summed E-state index contributed by atoms with van der Waals surface area (Å²) in [6.45, 7) is 0. The van der Waals surface area contributed by atoms with E-state index < -0.39 is 83.2 Å². The van der Waals surface area contributed by atoms with Gasteiger partial charge in [-0.15, -0.1) is 0 Å². The number of hydrogen-bond acceptors (Lipinski definition) is 22. The maximum Gasteiger partial charge on any atom is 0.335 e. The second-order valence-corrected chi connectivity index (χ2v) is 28.8. The van der Waals surface area contributed by atoms with Gasteiger partial charge in [0.25, 0.3) is 35.4 Å². The SMILES string of the molecule is Nc1ccc(Oc2cc(C(=O)Nc3ccc(Oc4cc(C(=O)Nc5ccc(Oc6cc(C(=O)O)cc(C(=O)O)c6)cc5)cc(C(=O)Nc5ccc(Oc6cc(C(=O)O)cc(C(=O)O)c6)cc5)c4)cc3)cc(C(=O)Nc3ccc(Oc4cc(C(=O)Nc5ccc(Oc6cc(C(=O)O)cc(C(=O)O)c6)cc5)cc(C(=O)Nc5ccc(Oc6cc(C(=O)O)cc(C(=O)O)c6)cc5)c4)cc3)c2)cc1. The summed E-state index contributed by atoms with van der Waals surface area (Å²) in [5.41, 5.74) is 4.24. The van der Waals surface area contributed by atoms with E-state index in [0.717, 1.165) is 72.8 Å². The molecule has 0 aliphatic heterocycles. The number of nitrogens with one attached hydrogen (secondary N) is 6. The van der Waals surface area contributed by atoms with Crippen LogP contribution in [0.15, 0.2) is 297 Å². The molecule has 0 radical (unpaired) electrons. The standard InChI is InChI=1S/C98H65N7O29/c99-64-1-15-71(16-2-64)128-78-36-50(85(106)100-65-3-17-72(18-4-65)129-79-38-52(87(108)102-67-7-21-74(22-8-67)131-81-42-56(91(112)113)32-57(43-81)92(114)115)30-53(39-79)88(109)103-68-9-23-75(24-10-68)132-82-44-58(93(116)117)33-59(45-82)94(118)119)29-51(37-78)86(107)101-66-5-19-73(20-6-66)130-80-40-54(89(110)104-69-11-25-76(26-12-69)133-83-46-60(95(120)121)34-61(47-83)96(122)123)31-55(41-80)90(111)105-70-13-27-77(28-14-70)134-84-48-62(97(124)125)35-63(49-84)98(126)127/h1-49H,99H2,(H,100,106)(H,101,107)(H,102,108)(H,103,109)(H,104,110)(H,105,111)(H,112,113)(H,114,115)(H,116,117)(H,118,119)(H,120,121)(H,122,123)(H,124,125)(H,126,127). The van der Waals surface area contributed by atoms with E-state index in [1.54, 1.807) is 24.3 Å². The molecule has 0 unspecified atom stereocenters. The molecule has 0 bridgehead atoms. The van der Waals surface area contributed by atoms with Crippen LogP contribution in [0, 0.1) is 0 Å². The summed E-state index contributed by atoms with van der Waals surface area (Å²) in [7, 11) is 0. The number of nitrogen functional groups attached to an aromatic ring is 1. The van der Waals surface area contributed by atoms with Crippen LogP contribution in [0.5, 0.6) is 80.5 Å². The summed E-state index contributed by atoms with van der Waals surface area (Å²) >= 11 is 0. The topological polar surface area (TPSA) is 564 Å². The normalized spacial score (nSPS) is 10.6. The first-order chi connectivity index (χ1) is 64.1. The number of carboxylic acid groups (broad SMARTS) is 8. The van der Waals surface area contributed by atoms with E-state index in [2.05, 4.69) is 31.9 Å². The number of carbonyl (C=O) groups is 14. The summed E-state index contributed by atoms with van der Waals surface area (Å²) in [5, 5.41) is 93.0. The molecular weight excluding hydrogens is 1740 g/mol. The largest absolute Gasteiger partial charge is 0.478 e. The smallest absolute Gasteiger partial charge is 0.335 e. The van der Waals surface area contributed by atoms with Crippen LogP contribution in [0.25, 0.3) is 0 Å². The van der Waals surface area contributed by atoms with Gasteiger partial charge in [-0.25, -0.2) is 38.4 Å². The van der Waals surface area contributed by atoms with Crippen LogP contribution in [0.2, 0.25) is 0 Å². The molecule has 666 valence electrons. The summed E-state index contributed by atoms with van der Waals surface area (Å²) in [6.07, 6.45) is 0. The highest BCUT2D eigenvalue weighted by molar-refractivity contribution is 6.12. The van der Waals surface area contributed by atoms with E-state index in [1.807, 2.05) is 0 Å². The van der Waals surface area contributed by atoms with Gasteiger partial charge in [-0.3, -0.25) is 28.8 Å². The van der Waals surface area contributed by atoms with Crippen LogP contribution < -0.4 is 70.8 Å². The first kappa shape index (κ1) is 90.3. The number of anilines is 7. The minimum Gasteiger partial charge on any atom is -0.478 e. The third kappa shape index (κ3) is 23.6. The first-order valence-electron chi connectivity index (χ1n) is 39.2. The maximum atomic E-state index is 14.4. The number of benzene rings is 14. The van der Waals surface area contributed by atoms with Crippen molar-refractivity contribution in [2.45, 2.75) is 0 Å². The predicted molar refractivity (Wildman–Crippen MR) is 479 cm³/mol. The second kappa shape index (κ2) is 39.7. The fraction of sp³-hybridized carbons (Fsp3) is 0.